The molecule has 2 N–H and O–H groups in total. The van der Waals surface area contributed by atoms with Crippen molar-refractivity contribution in [2.45, 2.75) is 26.9 Å². The van der Waals surface area contributed by atoms with Gasteiger partial charge in [-0.15, -0.1) is 0 Å². The Kier molecular flexibility index (Phi) is 5.64. The number of carbonyl (C=O) groups is 1. The van der Waals surface area contributed by atoms with Crippen LogP contribution in [0.15, 0.2) is 66.9 Å². The average Bonchev–Trinajstić information content (AvgIpc) is 2.67. The van der Waals surface area contributed by atoms with Crippen LogP contribution in [0.3, 0.4) is 0 Å². The highest BCUT2D eigenvalue weighted by Crippen LogP contribution is 2.12. The number of carbonyl (C=O) groups excluding carboxylic acids is 1. The van der Waals surface area contributed by atoms with Crippen LogP contribution in [0.5, 0.6) is 0 Å². The number of aryl methyl sites for hydroxylation is 2. The zero-order valence-corrected chi connectivity index (χ0v) is 15.1. The lowest BCUT2D eigenvalue weighted by atomic mass is 10.1. The van der Waals surface area contributed by atoms with Crippen LogP contribution in [0.4, 0.5) is 5.69 Å². The van der Waals surface area contributed by atoms with Crippen molar-refractivity contribution >= 4 is 11.6 Å². The van der Waals surface area contributed by atoms with Gasteiger partial charge in [-0.05, 0) is 42.7 Å². The van der Waals surface area contributed by atoms with Gasteiger partial charge in [0.1, 0.15) is 5.69 Å². The van der Waals surface area contributed by atoms with Crippen LogP contribution in [0.2, 0.25) is 0 Å². The summed E-state index contributed by atoms with van der Waals surface area (Å²) in [4.78, 5) is 16.5. The van der Waals surface area contributed by atoms with E-state index in [1.165, 1.54) is 16.7 Å². The summed E-state index contributed by atoms with van der Waals surface area (Å²) < 4.78 is 0. The molecule has 0 aliphatic rings. The Hall–Kier alpha value is -3.14. The van der Waals surface area contributed by atoms with E-state index in [0.717, 1.165) is 17.8 Å². The molecule has 0 saturated heterocycles. The Morgan fingerprint density at radius 3 is 2.38 bits per heavy atom. The Labute approximate surface area is 154 Å². The first-order valence-electron chi connectivity index (χ1n) is 8.70. The Balaban J connectivity index is 1.54. The quantitative estimate of drug-likeness (QED) is 0.702. The van der Waals surface area contributed by atoms with E-state index in [2.05, 4.69) is 34.7 Å². The Morgan fingerprint density at radius 2 is 1.69 bits per heavy atom. The molecule has 26 heavy (non-hydrogen) atoms. The number of rotatable bonds is 6. The molecule has 132 valence electrons. The van der Waals surface area contributed by atoms with Crippen molar-refractivity contribution in [3.05, 3.63) is 94.8 Å². The molecule has 1 amide bonds. The van der Waals surface area contributed by atoms with E-state index in [0.29, 0.717) is 12.2 Å². The van der Waals surface area contributed by atoms with Crippen molar-refractivity contribution in [2.75, 3.05) is 5.32 Å². The largest absolute Gasteiger partial charge is 0.380 e. The van der Waals surface area contributed by atoms with Crippen LogP contribution in [0.25, 0.3) is 0 Å². The summed E-state index contributed by atoms with van der Waals surface area (Å²) in [5, 5.41) is 6.23. The number of benzene rings is 2. The minimum absolute atomic E-state index is 0.170. The number of nitrogens with one attached hydrogen (secondary N) is 2. The summed E-state index contributed by atoms with van der Waals surface area (Å²) in [5.41, 5.74) is 6.07. The van der Waals surface area contributed by atoms with Crippen LogP contribution >= 0.6 is 0 Å². The molecule has 0 saturated carbocycles. The summed E-state index contributed by atoms with van der Waals surface area (Å²) in [5.74, 6) is -0.170. The van der Waals surface area contributed by atoms with E-state index in [4.69, 9.17) is 0 Å². The van der Waals surface area contributed by atoms with Crippen molar-refractivity contribution in [2.24, 2.45) is 0 Å². The van der Waals surface area contributed by atoms with Crippen LogP contribution in [0, 0.1) is 13.8 Å². The zero-order valence-electron chi connectivity index (χ0n) is 15.1. The van der Waals surface area contributed by atoms with E-state index in [1.807, 2.05) is 49.4 Å². The lowest BCUT2D eigenvalue weighted by Crippen LogP contribution is -2.23. The highest BCUT2D eigenvalue weighted by atomic mass is 16.1. The standard InChI is InChI=1S/C22H23N3O/c1-16-7-9-18(10-8-16)13-25-22(26)21-12-11-20(15-24-21)23-14-19-6-4-3-5-17(19)2/h3-12,15,23H,13-14H2,1-2H3,(H,25,26). The van der Waals surface area contributed by atoms with Gasteiger partial charge in [0, 0.05) is 13.1 Å². The van der Waals surface area contributed by atoms with Gasteiger partial charge in [-0.3, -0.25) is 4.79 Å². The SMILES string of the molecule is Cc1ccc(CNC(=O)c2ccc(NCc3ccccc3C)cn2)cc1. The highest BCUT2D eigenvalue weighted by Gasteiger charge is 2.07. The molecule has 0 unspecified atom stereocenters. The van der Waals surface area contributed by atoms with Gasteiger partial charge in [-0.25, -0.2) is 4.98 Å². The van der Waals surface area contributed by atoms with Crippen LogP contribution in [0.1, 0.15) is 32.7 Å². The maximum Gasteiger partial charge on any atom is 0.270 e. The van der Waals surface area contributed by atoms with Crippen LogP contribution in [-0.2, 0) is 13.1 Å². The Bertz CT molecular complexity index is 871. The molecule has 2 aromatic carbocycles. The lowest BCUT2D eigenvalue weighted by Gasteiger charge is -2.09. The van der Waals surface area contributed by atoms with Gasteiger partial charge in [-0.2, -0.15) is 0 Å². The molecule has 0 atom stereocenters. The van der Waals surface area contributed by atoms with Gasteiger partial charge in [0.05, 0.1) is 11.9 Å². The summed E-state index contributed by atoms with van der Waals surface area (Å²) >= 11 is 0. The third-order valence-corrected chi connectivity index (χ3v) is 4.31. The van der Waals surface area contributed by atoms with Gasteiger partial charge in [0.2, 0.25) is 0 Å². The molecule has 4 heteroatoms. The molecular weight excluding hydrogens is 322 g/mol. The molecule has 0 radical (unpaired) electrons. The molecule has 1 heterocycles. The van der Waals surface area contributed by atoms with E-state index in [9.17, 15) is 4.79 Å². The monoisotopic (exact) mass is 345 g/mol. The van der Waals surface area contributed by atoms with Crippen molar-refractivity contribution in [3.63, 3.8) is 0 Å². The molecule has 0 bridgehead atoms. The third-order valence-electron chi connectivity index (χ3n) is 4.31. The molecule has 0 aliphatic carbocycles. The van der Waals surface area contributed by atoms with E-state index >= 15 is 0 Å². The first-order chi connectivity index (χ1) is 12.6. The molecular formula is C22H23N3O. The number of amides is 1. The second kappa shape index (κ2) is 8.30. The number of nitrogens with zero attached hydrogens (tertiary/aromatic N) is 1. The molecule has 0 spiro atoms. The molecule has 0 aliphatic heterocycles. The maximum absolute atomic E-state index is 12.2. The minimum Gasteiger partial charge on any atom is -0.380 e. The zero-order chi connectivity index (χ0) is 18.4. The average molecular weight is 345 g/mol. The van der Waals surface area contributed by atoms with Gasteiger partial charge in [0.15, 0.2) is 0 Å². The molecule has 3 rings (SSSR count). The maximum atomic E-state index is 12.2. The van der Waals surface area contributed by atoms with Gasteiger partial charge >= 0.3 is 0 Å². The predicted molar refractivity (Wildman–Crippen MR) is 105 cm³/mol. The first kappa shape index (κ1) is 17.7. The van der Waals surface area contributed by atoms with Gasteiger partial charge in [-0.1, -0.05) is 54.1 Å². The number of hydrogen-bond acceptors (Lipinski definition) is 3. The fourth-order valence-electron chi connectivity index (χ4n) is 2.62. The summed E-state index contributed by atoms with van der Waals surface area (Å²) in [7, 11) is 0. The van der Waals surface area contributed by atoms with E-state index in [1.54, 1.807) is 12.3 Å². The summed E-state index contributed by atoms with van der Waals surface area (Å²) in [6.45, 7) is 5.36. The van der Waals surface area contributed by atoms with Crippen molar-refractivity contribution in [1.29, 1.82) is 0 Å². The normalized spacial score (nSPS) is 10.4. The second-order valence-electron chi connectivity index (χ2n) is 6.38. The molecule has 0 fully saturated rings. The summed E-state index contributed by atoms with van der Waals surface area (Å²) in [6, 6.07) is 20.0. The van der Waals surface area contributed by atoms with E-state index in [-0.39, 0.29) is 5.91 Å². The molecule has 1 aromatic heterocycles. The topological polar surface area (TPSA) is 54.0 Å². The summed E-state index contributed by atoms with van der Waals surface area (Å²) in [6.07, 6.45) is 1.69. The second-order valence-corrected chi connectivity index (χ2v) is 6.38. The number of anilines is 1. The third kappa shape index (κ3) is 4.70. The smallest absolute Gasteiger partial charge is 0.270 e. The molecule has 3 aromatic rings. The number of aromatic nitrogens is 1. The van der Waals surface area contributed by atoms with Gasteiger partial charge in [0.25, 0.3) is 5.91 Å². The van der Waals surface area contributed by atoms with Crippen LogP contribution in [-0.4, -0.2) is 10.9 Å². The van der Waals surface area contributed by atoms with Crippen molar-refractivity contribution < 1.29 is 4.79 Å². The molecule has 4 nitrogen and oxygen atoms in total. The number of hydrogen-bond donors (Lipinski definition) is 2. The van der Waals surface area contributed by atoms with Crippen molar-refractivity contribution in [3.8, 4) is 0 Å². The van der Waals surface area contributed by atoms with Crippen LogP contribution < -0.4 is 10.6 Å². The predicted octanol–water partition coefficient (Wildman–Crippen LogP) is 4.24. The first-order valence-corrected chi connectivity index (χ1v) is 8.70. The highest BCUT2D eigenvalue weighted by molar-refractivity contribution is 5.92. The van der Waals surface area contributed by atoms with Crippen molar-refractivity contribution in [1.82, 2.24) is 10.3 Å². The fraction of sp³-hybridized carbons (Fsp3) is 0.182. The fourth-order valence-corrected chi connectivity index (χ4v) is 2.62. The lowest BCUT2D eigenvalue weighted by molar-refractivity contribution is 0.0946. The minimum atomic E-state index is -0.170. The van der Waals surface area contributed by atoms with Gasteiger partial charge < -0.3 is 10.6 Å². The van der Waals surface area contributed by atoms with E-state index < -0.39 is 0 Å². The Morgan fingerprint density at radius 1 is 0.923 bits per heavy atom. The number of pyridine rings is 1.